The lowest BCUT2D eigenvalue weighted by atomic mass is 9.45. The molecule has 7 nitrogen and oxygen atoms in total. The molecule has 0 unspecified atom stereocenters. The molecule has 0 spiro atoms. The van der Waals surface area contributed by atoms with Gasteiger partial charge in [-0.15, -0.1) is 0 Å². The van der Waals surface area contributed by atoms with Gasteiger partial charge in [0.05, 0.1) is 12.1 Å². The fourth-order valence-corrected chi connectivity index (χ4v) is 6.27. The van der Waals surface area contributed by atoms with Gasteiger partial charge in [-0.05, 0) is 67.4 Å². The molecule has 172 valence electrons. The summed E-state index contributed by atoms with van der Waals surface area (Å²) < 4.78 is 1.81. The summed E-state index contributed by atoms with van der Waals surface area (Å²) >= 11 is 0. The molecule has 2 aromatic rings. The molecule has 0 aromatic carbocycles. The lowest BCUT2D eigenvalue weighted by molar-refractivity contribution is -0.131. The summed E-state index contributed by atoms with van der Waals surface area (Å²) in [4.78, 5) is 32.2. The summed E-state index contributed by atoms with van der Waals surface area (Å²) in [6, 6.07) is 5.75. The fourth-order valence-electron chi connectivity index (χ4n) is 6.27. The zero-order valence-electron chi connectivity index (χ0n) is 19.2. The van der Waals surface area contributed by atoms with Crippen molar-refractivity contribution < 1.29 is 9.59 Å². The monoisotopic (exact) mass is 437 g/mol. The third-order valence-electron chi connectivity index (χ3n) is 8.53. The van der Waals surface area contributed by atoms with Crippen molar-refractivity contribution in [1.82, 2.24) is 19.6 Å². The predicted octanol–water partition coefficient (Wildman–Crippen LogP) is 2.63. The van der Waals surface area contributed by atoms with Gasteiger partial charge in [0.2, 0.25) is 5.91 Å². The Hall–Kier alpha value is -2.41. The standard InChI is InChI=1S/C25H35N5O2/c1-25(2)17-7-6-16(20(25)12-17)14-27-24(32)21-4-3-5-22-28-19(15-30(21)22)13-23(31)29-10-8-18(26)9-11-29/h3-5,15-18,20H,6-14,26H2,1-2H3,(H,27,32)/t16-,17+,20+/m0/s1. The van der Waals surface area contributed by atoms with E-state index >= 15 is 0 Å². The van der Waals surface area contributed by atoms with E-state index in [0.29, 0.717) is 47.4 Å². The smallest absolute Gasteiger partial charge is 0.268 e. The number of aromatic nitrogens is 2. The summed E-state index contributed by atoms with van der Waals surface area (Å²) in [5, 5.41) is 3.18. The highest BCUT2D eigenvalue weighted by molar-refractivity contribution is 5.93. The van der Waals surface area contributed by atoms with Gasteiger partial charge in [-0.3, -0.25) is 14.0 Å². The van der Waals surface area contributed by atoms with Crippen LogP contribution in [0, 0.1) is 23.2 Å². The maximum atomic E-state index is 13.0. The molecule has 3 aliphatic carbocycles. The molecule has 2 bridgehead atoms. The summed E-state index contributed by atoms with van der Waals surface area (Å²) in [6.07, 6.45) is 7.58. The quantitative estimate of drug-likeness (QED) is 0.752. The van der Waals surface area contributed by atoms with Crippen LogP contribution >= 0.6 is 0 Å². The second kappa shape index (κ2) is 8.18. The van der Waals surface area contributed by atoms with E-state index in [1.165, 1.54) is 19.3 Å². The Kier molecular flexibility index (Phi) is 5.48. The Labute approximate surface area is 189 Å². The molecule has 0 radical (unpaired) electrons. The van der Waals surface area contributed by atoms with Crippen LogP contribution in [-0.4, -0.2) is 51.8 Å². The van der Waals surface area contributed by atoms with Crippen LogP contribution in [0.1, 0.15) is 62.1 Å². The van der Waals surface area contributed by atoms with Crippen LogP contribution in [0.15, 0.2) is 24.4 Å². The largest absolute Gasteiger partial charge is 0.350 e. The number of likely N-dealkylation sites (tertiary alicyclic amines) is 1. The van der Waals surface area contributed by atoms with Gasteiger partial charge < -0.3 is 16.0 Å². The van der Waals surface area contributed by atoms with Crippen LogP contribution < -0.4 is 11.1 Å². The van der Waals surface area contributed by atoms with Crippen LogP contribution in [0.3, 0.4) is 0 Å². The Morgan fingerprint density at radius 2 is 1.97 bits per heavy atom. The van der Waals surface area contributed by atoms with Crippen molar-refractivity contribution >= 4 is 17.5 Å². The minimum Gasteiger partial charge on any atom is -0.350 e. The molecule has 1 saturated heterocycles. The number of nitrogens with zero attached hydrogens (tertiary/aromatic N) is 3. The number of nitrogens with one attached hydrogen (secondary N) is 1. The van der Waals surface area contributed by atoms with Gasteiger partial charge >= 0.3 is 0 Å². The van der Waals surface area contributed by atoms with Crippen molar-refractivity contribution in [1.29, 1.82) is 0 Å². The van der Waals surface area contributed by atoms with Gasteiger partial charge in [-0.2, -0.15) is 0 Å². The Balaban J connectivity index is 1.25. The van der Waals surface area contributed by atoms with Crippen molar-refractivity contribution in [3.05, 3.63) is 35.8 Å². The van der Waals surface area contributed by atoms with Gasteiger partial charge in [-0.1, -0.05) is 19.9 Å². The van der Waals surface area contributed by atoms with Gasteiger partial charge in [0.1, 0.15) is 11.3 Å². The van der Waals surface area contributed by atoms with Crippen LogP contribution in [0.25, 0.3) is 5.65 Å². The molecule has 32 heavy (non-hydrogen) atoms. The SMILES string of the molecule is CC1(C)[C@@H]2CC[C@@H](CNC(=O)c3cccc4nc(CC(=O)N5CCC(N)CC5)cn34)[C@H]1C2. The van der Waals surface area contributed by atoms with E-state index in [2.05, 4.69) is 24.1 Å². The maximum Gasteiger partial charge on any atom is 0.268 e. The van der Waals surface area contributed by atoms with E-state index in [9.17, 15) is 9.59 Å². The van der Waals surface area contributed by atoms with Crippen LogP contribution in [0.5, 0.6) is 0 Å². The highest BCUT2D eigenvalue weighted by atomic mass is 16.2. The highest BCUT2D eigenvalue weighted by Gasteiger charge is 2.53. The number of hydrogen-bond acceptors (Lipinski definition) is 4. The second-order valence-electron chi connectivity index (χ2n) is 10.7. The minimum atomic E-state index is -0.0739. The molecule has 6 rings (SSSR count). The summed E-state index contributed by atoms with van der Waals surface area (Å²) in [6.45, 7) is 6.91. The van der Waals surface area contributed by atoms with Crippen LogP contribution in [0.4, 0.5) is 0 Å². The summed E-state index contributed by atoms with van der Waals surface area (Å²) in [5.41, 5.74) is 8.32. The zero-order valence-corrected chi connectivity index (χ0v) is 19.2. The van der Waals surface area contributed by atoms with E-state index in [4.69, 9.17) is 5.73 Å². The van der Waals surface area contributed by atoms with Crippen LogP contribution in [0.2, 0.25) is 0 Å². The van der Waals surface area contributed by atoms with Crippen molar-refractivity contribution in [2.24, 2.45) is 28.9 Å². The molecule has 2 aromatic heterocycles. The first-order valence-electron chi connectivity index (χ1n) is 12.1. The normalized spacial score (nSPS) is 27.2. The summed E-state index contributed by atoms with van der Waals surface area (Å²) in [7, 11) is 0. The molecular formula is C25H35N5O2. The van der Waals surface area contributed by atoms with Gasteiger partial charge in [0.25, 0.3) is 5.91 Å². The topological polar surface area (TPSA) is 92.7 Å². The molecule has 4 aliphatic rings. The molecule has 1 aliphatic heterocycles. The van der Waals surface area contributed by atoms with E-state index in [-0.39, 0.29) is 24.3 Å². The number of piperidine rings is 1. The molecule has 7 heteroatoms. The fraction of sp³-hybridized carbons (Fsp3) is 0.640. The molecular weight excluding hydrogens is 402 g/mol. The first-order chi connectivity index (χ1) is 15.3. The molecule has 4 fully saturated rings. The number of fused-ring (bicyclic) bond motifs is 3. The number of pyridine rings is 1. The number of imidazole rings is 1. The first-order valence-corrected chi connectivity index (χ1v) is 12.1. The number of rotatable bonds is 5. The van der Waals surface area contributed by atoms with Crippen LogP contribution in [-0.2, 0) is 11.2 Å². The van der Waals surface area contributed by atoms with Gasteiger partial charge in [-0.25, -0.2) is 4.98 Å². The zero-order chi connectivity index (χ0) is 22.5. The lowest BCUT2D eigenvalue weighted by Crippen LogP contribution is -2.54. The van der Waals surface area contributed by atoms with Crippen molar-refractivity contribution in [3.63, 3.8) is 0 Å². The van der Waals surface area contributed by atoms with Crippen molar-refractivity contribution in [2.45, 2.75) is 58.4 Å². The molecule has 3 N–H and O–H groups in total. The van der Waals surface area contributed by atoms with E-state index in [1.807, 2.05) is 33.7 Å². The Bertz CT molecular complexity index is 1020. The molecule has 2 amide bonds. The molecule has 3 saturated carbocycles. The van der Waals surface area contributed by atoms with Crippen molar-refractivity contribution in [3.8, 4) is 0 Å². The number of nitrogens with two attached hydrogens (primary N) is 1. The van der Waals surface area contributed by atoms with E-state index in [0.717, 1.165) is 25.3 Å². The number of hydrogen-bond donors (Lipinski definition) is 2. The van der Waals surface area contributed by atoms with E-state index < -0.39 is 0 Å². The lowest BCUT2D eigenvalue weighted by Gasteiger charge is -2.60. The first kappa shape index (κ1) is 21.4. The Morgan fingerprint density at radius 1 is 1.19 bits per heavy atom. The average Bonchev–Trinajstić information content (AvgIpc) is 3.20. The number of amides is 2. The third-order valence-corrected chi connectivity index (χ3v) is 8.53. The van der Waals surface area contributed by atoms with Gasteiger partial charge in [0.15, 0.2) is 0 Å². The number of carbonyl (C=O) groups excluding carboxylic acids is 2. The molecule has 3 atom stereocenters. The predicted molar refractivity (Wildman–Crippen MR) is 123 cm³/mol. The summed E-state index contributed by atoms with van der Waals surface area (Å²) in [5.74, 6) is 2.14. The Morgan fingerprint density at radius 3 is 2.69 bits per heavy atom. The number of carbonyl (C=O) groups is 2. The second-order valence-corrected chi connectivity index (χ2v) is 10.7. The van der Waals surface area contributed by atoms with Crippen molar-refractivity contribution in [2.75, 3.05) is 19.6 Å². The van der Waals surface area contributed by atoms with E-state index in [1.54, 1.807) is 0 Å². The molecule has 3 heterocycles. The minimum absolute atomic E-state index is 0.0739. The highest BCUT2D eigenvalue weighted by Crippen LogP contribution is 2.61. The maximum absolute atomic E-state index is 13.0. The third kappa shape index (κ3) is 3.81. The average molecular weight is 438 g/mol. The van der Waals surface area contributed by atoms with Gasteiger partial charge in [0, 0.05) is 31.9 Å².